The molecule has 9 heavy (non-hydrogen) atoms. The van der Waals surface area contributed by atoms with E-state index in [1.807, 2.05) is 0 Å². The summed E-state index contributed by atoms with van der Waals surface area (Å²) in [6.45, 7) is 1.21. The van der Waals surface area contributed by atoms with Crippen LogP contribution < -0.4 is 5.32 Å². The Morgan fingerprint density at radius 1 is 1.56 bits per heavy atom. The minimum absolute atomic E-state index is 0.830. The minimum Gasteiger partial charge on any atom is -0.313 e. The van der Waals surface area contributed by atoms with Crippen LogP contribution in [-0.4, -0.2) is 17.5 Å². The van der Waals surface area contributed by atoms with Crippen molar-refractivity contribution in [1.29, 1.82) is 0 Å². The molecule has 2 heteroatoms. The molecule has 0 radical (unpaired) electrons. The fraction of sp³-hybridized carbons (Fsp3) is 0.857. The zero-order valence-electron chi connectivity index (χ0n) is 5.39. The highest BCUT2D eigenvalue weighted by atomic mass is 32.1. The number of nitrogens with one attached hydrogen (secondary N) is 1. The molecule has 1 N–H and O–H groups in total. The first-order valence-electron chi connectivity index (χ1n) is 3.61. The zero-order chi connectivity index (χ0) is 6.27. The molecular formula is C7H11NS. The van der Waals surface area contributed by atoms with Gasteiger partial charge in [-0.1, -0.05) is 12.2 Å². The molecule has 0 aromatic rings. The number of rotatable bonds is 0. The molecule has 2 aliphatic rings. The molecule has 1 aliphatic heterocycles. The van der Waals surface area contributed by atoms with Gasteiger partial charge < -0.3 is 5.32 Å². The predicted molar refractivity (Wildman–Crippen MR) is 41.7 cm³/mol. The van der Waals surface area contributed by atoms with Gasteiger partial charge >= 0.3 is 0 Å². The SMILES string of the molecule is S=C1CCC2NCC2C1. The third kappa shape index (κ3) is 0.904. The highest BCUT2D eigenvalue weighted by molar-refractivity contribution is 7.80. The fourth-order valence-electron chi connectivity index (χ4n) is 1.71. The van der Waals surface area contributed by atoms with E-state index in [4.69, 9.17) is 12.2 Å². The second-order valence-corrected chi connectivity index (χ2v) is 3.63. The van der Waals surface area contributed by atoms with E-state index in [1.54, 1.807) is 0 Å². The fourth-order valence-corrected chi connectivity index (χ4v) is 2.05. The highest BCUT2D eigenvalue weighted by Gasteiger charge is 2.33. The molecule has 2 atom stereocenters. The van der Waals surface area contributed by atoms with Crippen molar-refractivity contribution in [1.82, 2.24) is 5.32 Å². The first kappa shape index (κ1) is 5.81. The van der Waals surface area contributed by atoms with Crippen molar-refractivity contribution in [3.8, 4) is 0 Å². The molecule has 1 aliphatic carbocycles. The smallest absolute Gasteiger partial charge is 0.0114 e. The quantitative estimate of drug-likeness (QED) is 0.507. The summed E-state index contributed by atoms with van der Waals surface area (Å²) in [5, 5.41) is 3.41. The van der Waals surface area contributed by atoms with E-state index >= 15 is 0 Å². The molecule has 1 saturated heterocycles. The maximum Gasteiger partial charge on any atom is 0.0114 e. The van der Waals surface area contributed by atoms with Crippen LogP contribution >= 0.6 is 12.2 Å². The zero-order valence-corrected chi connectivity index (χ0v) is 6.21. The Kier molecular flexibility index (Phi) is 1.31. The van der Waals surface area contributed by atoms with E-state index in [0.717, 1.165) is 12.0 Å². The van der Waals surface area contributed by atoms with Gasteiger partial charge in [-0.25, -0.2) is 0 Å². The van der Waals surface area contributed by atoms with Gasteiger partial charge in [-0.05, 0) is 30.0 Å². The van der Waals surface area contributed by atoms with Crippen molar-refractivity contribution in [3.05, 3.63) is 0 Å². The Bertz CT molecular complexity index is 144. The molecule has 0 amide bonds. The molecule has 0 spiro atoms. The van der Waals surface area contributed by atoms with Gasteiger partial charge in [-0.2, -0.15) is 0 Å². The van der Waals surface area contributed by atoms with Crippen molar-refractivity contribution >= 4 is 17.1 Å². The van der Waals surface area contributed by atoms with Crippen molar-refractivity contribution in [3.63, 3.8) is 0 Å². The van der Waals surface area contributed by atoms with E-state index in [0.29, 0.717) is 0 Å². The topological polar surface area (TPSA) is 12.0 Å². The van der Waals surface area contributed by atoms with E-state index in [9.17, 15) is 0 Å². The molecular weight excluding hydrogens is 130 g/mol. The van der Waals surface area contributed by atoms with Crippen LogP contribution in [0.5, 0.6) is 0 Å². The summed E-state index contributed by atoms with van der Waals surface area (Å²) >= 11 is 5.14. The minimum atomic E-state index is 0.830. The van der Waals surface area contributed by atoms with Crippen LogP contribution in [0.2, 0.25) is 0 Å². The van der Waals surface area contributed by atoms with Gasteiger partial charge in [0, 0.05) is 12.6 Å². The van der Waals surface area contributed by atoms with E-state index in [2.05, 4.69) is 5.32 Å². The summed E-state index contributed by atoms with van der Waals surface area (Å²) in [7, 11) is 0. The Labute approximate surface area is 60.8 Å². The van der Waals surface area contributed by atoms with E-state index in [-0.39, 0.29) is 0 Å². The van der Waals surface area contributed by atoms with Crippen LogP contribution in [0, 0.1) is 5.92 Å². The summed E-state index contributed by atoms with van der Waals surface area (Å²) in [6, 6.07) is 0.830. The Morgan fingerprint density at radius 3 is 2.89 bits per heavy atom. The summed E-state index contributed by atoms with van der Waals surface area (Å²) in [4.78, 5) is 1.30. The lowest BCUT2D eigenvalue weighted by molar-refractivity contribution is 0.216. The molecule has 0 aromatic carbocycles. The Balaban J connectivity index is 1.99. The lowest BCUT2D eigenvalue weighted by Gasteiger charge is -2.41. The number of thiocarbonyl (C=S) groups is 1. The maximum absolute atomic E-state index is 5.14. The van der Waals surface area contributed by atoms with Gasteiger partial charge in [0.25, 0.3) is 0 Å². The average molecular weight is 141 g/mol. The number of hydrogen-bond donors (Lipinski definition) is 1. The Morgan fingerprint density at radius 2 is 2.44 bits per heavy atom. The van der Waals surface area contributed by atoms with Gasteiger partial charge in [0.05, 0.1) is 0 Å². The molecule has 50 valence electrons. The van der Waals surface area contributed by atoms with Crippen molar-refractivity contribution in [2.45, 2.75) is 25.3 Å². The molecule has 2 rings (SSSR count). The van der Waals surface area contributed by atoms with E-state index < -0.39 is 0 Å². The van der Waals surface area contributed by atoms with Gasteiger partial charge in [-0.15, -0.1) is 0 Å². The maximum atomic E-state index is 5.14. The van der Waals surface area contributed by atoms with Crippen LogP contribution in [0.4, 0.5) is 0 Å². The standard InChI is InChI=1S/C7H11NS/c9-6-1-2-7-5(3-6)4-8-7/h5,7-8H,1-4H2. The van der Waals surface area contributed by atoms with Crippen molar-refractivity contribution in [2.75, 3.05) is 6.54 Å². The normalized spacial score (nSPS) is 41.6. The van der Waals surface area contributed by atoms with Crippen molar-refractivity contribution in [2.24, 2.45) is 5.92 Å². The third-order valence-corrected chi connectivity index (χ3v) is 2.81. The van der Waals surface area contributed by atoms with Gasteiger partial charge in [-0.3, -0.25) is 0 Å². The summed E-state index contributed by atoms with van der Waals surface area (Å²) in [6.07, 6.45) is 3.69. The van der Waals surface area contributed by atoms with Crippen LogP contribution in [0.15, 0.2) is 0 Å². The monoisotopic (exact) mass is 141 g/mol. The summed E-state index contributed by atoms with van der Waals surface area (Å²) in [5.41, 5.74) is 0. The van der Waals surface area contributed by atoms with Gasteiger partial charge in [0.1, 0.15) is 0 Å². The first-order chi connectivity index (χ1) is 4.36. The Hall–Kier alpha value is 0.0500. The number of hydrogen-bond acceptors (Lipinski definition) is 2. The molecule has 0 bridgehead atoms. The van der Waals surface area contributed by atoms with E-state index in [1.165, 1.54) is 30.7 Å². The average Bonchev–Trinajstić information content (AvgIpc) is 1.78. The molecule has 1 heterocycles. The van der Waals surface area contributed by atoms with Crippen LogP contribution in [-0.2, 0) is 0 Å². The molecule has 0 aromatic heterocycles. The van der Waals surface area contributed by atoms with Crippen LogP contribution in [0.1, 0.15) is 19.3 Å². The first-order valence-corrected chi connectivity index (χ1v) is 4.02. The van der Waals surface area contributed by atoms with Gasteiger partial charge in [0.2, 0.25) is 0 Å². The molecule has 2 unspecified atom stereocenters. The van der Waals surface area contributed by atoms with Crippen LogP contribution in [0.3, 0.4) is 0 Å². The largest absolute Gasteiger partial charge is 0.313 e. The number of fused-ring (bicyclic) bond motifs is 1. The van der Waals surface area contributed by atoms with Crippen LogP contribution in [0.25, 0.3) is 0 Å². The lowest BCUT2D eigenvalue weighted by atomic mass is 9.79. The summed E-state index contributed by atoms with van der Waals surface area (Å²) in [5.74, 6) is 0.909. The third-order valence-electron chi connectivity index (χ3n) is 2.44. The molecule has 1 nitrogen and oxygen atoms in total. The second kappa shape index (κ2) is 2.03. The summed E-state index contributed by atoms with van der Waals surface area (Å²) < 4.78 is 0. The molecule has 2 fully saturated rings. The predicted octanol–water partition coefficient (Wildman–Crippen LogP) is 1.13. The highest BCUT2D eigenvalue weighted by Crippen LogP contribution is 2.28. The second-order valence-electron chi connectivity index (χ2n) is 3.06. The van der Waals surface area contributed by atoms with Gasteiger partial charge in [0.15, 0.2) is 0 Å². The van der Waals surface area contributed by atoms with Crippen molar-refractivity contribution < 1.29 is 0 Å². The lowest BCUT2D eigenvalue weighted by Crippen LogP contribution is -2.55. The molecule has 1 saturated carbocycles.